The van der Waals surface area contributed by atoms with Gasteiger partial charge in [-0.25, -0.2) is 5.48 Å². The number of nitrogens with one attached hydrogen (secondary N) is 2. The van der Waals surface area contributed by atoms with Crippen LogP contribution in [0.4, 0.5) is 0 Å². The predicted molar refractivity (Wildman–Crippen MR) is 107 cm³/mol. The Bertz CT molecular complexity index is 710. The second-order valence-corrected chi connectivity index (χ2v) is 6.30. The van der Waals surface area contributed by atoms with E-state index in [9.17, 15) is 4.79 Å². The Morgan fingerprint density at radius 3 is 2.71 bits per heavy atom. The largest absolute Gasteiger partial charge is 0.497 e. The number of benzene rings is 1. The SMILES string of the molecule is COc1ccc(CONC(=O)CCCCCNCc2ccccn2)c(OC)c1. The molecule has 0 aliphatic heterocycles. The van der Waals surface area contributed by atoms with Gasteiger partial charge in [0.05, 0.1) is 19.9 Å². The van der Waals surface area contributed by atoms with Gasteiger partial charge in [-0.1, -0.05) is 12.5 Å². The van der Waals surface area contributed by atoms with E-state index in [1.807, 2.05) is 30.3 Å². The Hall–Kier alpha value is -2.64. The van der Waals surface area contributed by atoms with Crippen LogP contribution in [0.15, 0.2) is 42.6 Å². The number of ether oxygens (including phenoxy) is 2. The van der Waals surface area contributed by atoms with E-state index in [-0.39, 0.29) is 12.5 Å². The lowest BCUT2D eigenvalue weighted by atomic mass is 10.2. The van der Waals surface area contributed by atoms with E-state index in [2.05, 4.69) is 15.8 Å². The Labute approximate surface area is 166 Å². The number of carbonyl (C=O) groups excluding carboxylic acids is 1. The molecule has 1 aromatic heterocycles. The van der Waals surface area contributed by atoms with E-state index in [0.29, 0.717) is 17.9 Å². The van der Waals surface area contributed by atoms with Crippen molar-refractivity contribution in [3.63, 3.8) is 0 Å². The number of rotatable bonds is 13. The summed E-state index contributed by atoms with van der Waals surface area (Å²) in [5.74, 6) is 1.25. The Morgan fingerprint density at radius 2 is 1.96 bits per heavy atom. The Kier molecular flexibility index (Phi) is 9.82. The van der Waals surface area contributed by atoms with Gasteiger partial charge in [-0.15, -0.1) is 0 Å². The lowest BCUT2D eigenvalue weighted by Gasteiger charge is -2.11. The summed E-state index contributed by atoms with van der Waals surface area (Å²) >= 11 is 0. The van der Waals surface area contributed by atoms with Gasteiger partial charge in [0, 0.05) is 30.8 Å². The first-order chi connectivity index (χ1) is 13.7. The third kappa shape index (κ3) is 7.94. The molecule has 0 fully saturated rings. The zero-order valence-electron chi connectivity index (χ0n) is 16.6. The molecule has 0 spiro atoms. The zero-order valence-corrected chi connectivity index (χ0v) is 16.6. The van der Waals surface area contributed by atoms with E-state index in [4.69, 9.17) is 14.3 Å². The second kappa shape index (κ2) is 12.7. The van der Waals surface area contributed by atoms with Crippen LogP contribution in [0.3, 0.4) is 0 Å². The molecular weight excluding hydrogens is 358 g/mol. The highest BCUT2D eigenvalue weighted by Gasteiger charge is 2.07. The van der Waals surface area contributed by atoms with Crippen LogP contribution in [0, 0.1) is 0 Å². The molecule has 0 bridgehead atoms. The van der Waals surface area contributed by atoms with E-state index in [1.54, 1.807) is 26.5 Å². The zero-order chi connectivity index (χ0) is 20.0. The van der Waals surface area contributed by atoms with Crippen molar-refractivity contribution in [2.24, 2.45) is 0 Å². The number of unbranched alkanes of at least 4 members (excludes halogenated alkanes) is 2. The van der Waals surface area contributed by atoms with Gasteiger partial charge in [-0.3, -0.25) is 14.6 Å². The molecule has 0 saturated carbocycles. The summed E-state index contributed by atoms with van der Waals surface area (Å²) in [6.45, 7) is 1.91. The number of pyridine rings is 1. The Balaban J connectivity index is 1.52. The van der Waals surface area contributed by atoms with Gasteiger partial charge < -0.3 is 14.8 Å². The molecule has 2 N–H and O–H groups in total. The normalized spacial score (nSPS) is 10.5. The van der Waals surface area contributed by atoms with Crippen molar-refractivity contribution in [1.82, 2.24) is 15.8 Å². The third-order valence-corrected chi connectivity index (χ3v) is 4.20. The molecule has 0 unspecified atom stereocenters. The molecule has 7 nitrogen and oxygen atoms in total. The van der Waals surface area contributed by atoms with Crippen molar-refractivity contribution in [2.45, 2.75) is 38.8 Å². The maximum absolute atomic E-state index is 11.9. The molecule has 1 heterocycles. The molecule has 28 heavy (non-hydrogen) atoms. The molecule has 1 amide bonds. The lowest BCUT2D eigenvalue weighted by molar-refractivity contribution is -0.134. The molecule has 0 radical (unpaired) electrons. The van der Waals surface area contributed by atoms with Crippen LogP contribution in [-0.2, 0) is 22.8 Å². The summed E-state index contributed by atoms with van der Waals surface area (Å²) in [6, 6.07) is 11.3. The highest BCUT2D eigenvalue weighted by Crippen LogP contribution is 2.24. The van der Waals surface area contributed by atoms with Gasteiger partial charge in [0.1, 0.15) is 18.1 Å². The average Bonchev–Trinajstić information content (AvgIpc) is 2.74. The van der Waals surface area contributed by atoms with Crippen molar-refractivity contribution in [3.05, 3.63) is 53.9 Å². The number of amides is 1. The summed E-state index contributed by atoms with van der Waals surface area (Å²) in [5.41, 5.74) is 4.36. The van der Waals surface area contributed by atoms with Gasteiger partial charge in [-0.05, 0) is 43.7 Å². The number of carbonyl (C=O) groups is 1. The summed E-state index contributed by atoms with van der Waals surface area (Å²) < 4.78 is 10.5. The predicted octanol–water partition coefficient (Wildman–Crippen LogP) is 3.00. The maximum atomic E-state index is 11.9. The van der Waals surface area contributed by atoms with Crippen molar-refractivity contribution in [1.29, 1.82) is 0 Å². The molecule has 1 aromatic carbocycles. The van der Waals surface area contributed by atoms with Gasteiger partial charge in [0.2, 0.25) is 5.91 Å². The number of hydroxylamine groups is 1. The minimum Gasteiger partial charge on any atom is -0.497 e. The van der Waals surface area contributed by atoms with Gasteiger partial charge in [0.15, 0.2) is 0 Å². The summed E-state index contributed by atoms with van der Waals surface area (Å²) in [4.78, 5) is 21.4. The number of methoxy groups -OCH3 is 2. The van der Waals surface area contributed by atoms with Crippen molar-refractivity contribution >= 4 is 5.91 Å². The fraction of sp³-hybridized carbons (Fsp3) is 0.429. The van der Waals surface area contributed by atoms with Crippen LogP contribution < -0.4 is 20.3 Å². The monoisotopic (exact) mass is 387 g/mol. The number of aromatic nitrogens is 1. The van der Waals surface area contributed by atoms with Gasteiger partial charge >= 0.3 is 0 Å². The first-order valence-electron chi connectivity index (χ1n) is 9.45. The molecule has 0 saturated heterocycles. The number of nitrogens with zero attached hydrogens (tertiary/aromatic N) is 1. The minimum absolute atomic E-state index is 0.117. The van der Waals surface area contributed by atoms with Crippen molar-refractivity contribution in [3.8, 4) is 11.5 Å². The third-order valence-electron chi connectivity index (χ3n) is 4.20. The highest BCUT2D eigenvalue weighted by atomic mass is 16.7. The smallest absolute Gasteiger partial charge is 0.243 e. The van der Waals surface area contributed by atoms with Crippen LogP contribution in [0.1, 0.15) is 36.9 Å². The molecule has 152 valence electrons. The summed E-state index contributed by atoms with van der Waals surface area (Å²) in [5, 5.41) is 3.35. The first-order valence-corrected chi connectivity index (χ1v) is 9.45. The van der Waals surface area contributed by atoms with Crippen molar-refractivity contribution < 1.29 is 19.1 Å². The van der Waals surface area contributed by atoms with Crippen LogP contribution in [-0.4, -0.2) is 31.7 Å². The highest BCUT2D eigenvalue weighted by molar-refractivity contribution is 5.74. The molecule has 7 heteroatoms. The quantitative estimate of drug-likeness (QED) is 0.406. The molecule has 2 aromatic rings. The molecule has 0 atom stereocenters. The standard InChI is InChI=1S/C21H29N3O4/c1-26-19-11-10-17(20(14-19)27-2)16-28-24-21(25)9-4-3-6-12-22-15-18-8-5-7-13-23-18/h5,7-8,10-11,13-14,22H,3-4,6,9,12,15-16H2,1-2H3,(H,24,25). The van der Waals surface area contributed by atoms with Crippen LogP contribution in [0.5, 0.6) is 11.5 Å². The number of hydrogen-bond acceptors (Lipinski definition) is 6. The lowest BCUT2D eigenvalue weighted by Crippen LogP contribution is -2.23. The Morgan fingerprint density at radius 1 is 1.07 bits per heavy atom. The summed E-state index contributed by atoms with van der Waals surface area (Å²) in [7, 11) is 3.18. The van der Waals surface area contributed by atoms with E-state index in [0.717, 1.165) is 43.6 Å². The molecular formula is C21H29N3O4. The van der Waals surface area contributed by atoms with Crippen LogP contribution in [0.25, 0.3) is 0 Å². The molecule has 2 rings (SSSR count). The fourth-order valence-electron chi connectivity index (χ4n) is 2.65. The van der Waals surface area contributed by atoms with E-state index >= 15 is 0 Å². The summed E-state index contributed by atoms with van der Waals surface area (Å²) in [6.07, 6.45) is 5.06. The topological polar surface area (TPSA) is 81.7 Å². The van der Waals surface area contributed by atoms with Crippen molar-refractivity contribution in [2.75, 3.05) is 20.8 Å². The van der Waals surface area contributed by atoms with E-state index < -0.39 is 0 Å². The minimum atomic E-state index is -0.117. The number of hydrogen-bond donors (Lipinski definition) is 2. The maximum Gasteiger partial charge on any atom is 0.243 e. The van der Waals surface area contributed by atoms with Gasteiger partial charge in [-0.2, -0.15) is 0 Å². The van der Waals surface area contributed by atoms with Crippen LogP contribution >= 0.6 is 0 Å². The van der Waals surface area contributed by atoms with Gasteiger partial charge in [0.25, 0.3) is 0 Å². The fourth-order valence-corrected chi connectivity index (χ4v) is 2.65. The van der Waals surface area contributed by atoms with Crippen LogP contribution in [0.2, 0.25) is 0 Å². The average molecular weight is 387 g/mol. The molecule has 0 aliphatic carbocycles. The first kappa shape index (κ1) is 21.7. The second-order valence-electron chi connectivity index (χ2n) is 6.30. The van der Waals surface area contributed by atoms with E-state index in [1.165, 1.54) is 0 Å². The molecule has 0 aliphatic rings.